The zero-order chi connectivity index (χ0) is 12.2. The summed E-state index contributed by atoms with van der Waals surface area (Å²) in [6, 6.07) is 0. The van der Waals surface area contributed by atoms with Crippen molar-refractivity contribution in [2.75, 3.05) is 20.0 Å². The van der Waals surface area contributed by atoms with Crippen LogP contribution in [0.5, 0.6) is 0 Å². The first kappa shape index (κ1) is 14.1. The Bertz CT molecular complexity index is 297. The van der Waals surface area contributed by atoms with Gasteiger partial charge in [0, 0.05) is 20.6 Å². The van der Waals surface area contributed by atoms with Gasteiger partial charge in [0.2, 0.25) is 5.50 Å². The van der Waals surface area contributed by atoms with Gasteiger partial charge in [-0.2, -0.15) is 0 Å². The van der Waals surface area contributed by atoms with E-state index in [1.165, 1.54) is 14.2 Å². The Morgan fingerprint density at radius 3 is 2.69 bits per heavy atom. The van der Waals surface area contributed by atoms with Crippen LogP contribution in [0.2, 0.25) is 0 Å². The minimum absolute atomic E-state index is 0.0404. The summed E-state index contributed by atoms with van der Waals surface area (Å²) >= 11 is 1.70. The van der Waals surface area contributed by atoms with Gasteiger partial charge in [-0.15, -0.1) is 11.8 Å². The molecule has 16 heavy (non-hydrogen) atoms. The predicted molar refractivity (Wildman–Crippen MR) is 66.5 cm³/mol. The van der Waals surface area contributed by atoms with Crippen molar-refractivity contribution < 1.29 is 18.3 Å². The van der Waals surface area contributed by atoms with Crippen molar-refractivity contribution in [3.63, 3.8) is 0 Å². The summed E-state index contributed by atoms with van der Waals surface area (Å²) in [5.74, 6) is 1.29. The molecule has 0 aliphatic carbocycles. The minimum atomic E-state index is -3.23. The van der Waals surface area contributed by atoms with Crippen LogP contribution in [0, 0.1) is 5.92 Å². The Labute approximate surface area is 101 Å². The highest BCUT2D eigenvalue weighted by molar-refractivity contribution is 7.99. The summed E-state index contributed by atoms with van der Waals surface area (Å²) in [6.45, 7) is 4.14. The highest BCUT2D eigenvalue weighted by atomic mass is 32.2. The van der Waals surface area contributed by atoms with Crippen molar-refractivity contribution in [1.82, 2.24) is 0 Å². The molecule has 0 bridgehead atoms. The molecule has 2 atom stereocenters. The van der Waals surface area contributed by atoms with E-state index in [4.69, 9.17) is 13.8 Å². The van der Waals surface area contributed by atoms with Gasteiger partial charge in [-0.1, -0.05) is 13.8 Å². The van der Waals surface area contributed by atoms with Crippen molar-refractivity contribution in [3.8, 4) is 0 Å². The van der Waals surface area contributed by atoms with E-state index >= 15 is 0 Å². The Hall–Kier alpha value is 0.0400. The van der Waals surface area contributed by atoms with Crippen molar-refractivity contribution in [2.24, 2.45) is 5.92 Å². The molecule has 1 aliphatic rings. The average Bonchev–Trinajstić information content (AvgIpc) is 2.27. The minimum Gasteiger partial charge on any atom is -0.472 e. The molecule has 0 unspecified atom stereocenters. The maximum atomic E-state index is 12.2. The summed E-state index contributed by atoms with van der Waals surface area (Å²) in [5, 5.41) is 0. The summed E-state index contributed by atoms with van der Waals surface area (Å²) in [7, 11) is -0.488. The Morgan fingerprint density at radius 2 is 2.19 bits per heavy atom. The molecule has 94 valence electrons. The molecular formula is C10H19O4PS. The molecule has 0 saturated heterocycles. The lowest BCUT2D eigenvalue weighted by Gasteiger charge is -2.29. The van der Waals surface area contributed by atoms with E-state index in [1.54, 1.807) is 11.8 Å². The molecule has 4 nitrogen and oxygen atoms in total. The molecular weight excluding hydrogens is 247 g/mol. The topological polar surface area (TPSA) is 44.8 Å². The molecule has 0 aromatic heterocycles. The number of hydrogen-bond donors (Lipinski definition) is 0. The molecule has 0 radical (unpaired) electrons. The molecule has 1 aliphatic heterocycles. The zero-order valence-corrected chi connectivity index (χ0v) is 11.8. The first-order valence-corrected chi connectivity index (χ1v) is 7.87. The predicted octanol–water partition coefficient (Wildman–Crippen LogP) is 3.45. The lowest BCUT2D eigenvalue weighted by Crippen LogP contribution is -2.18. The molecule has 0 aromatic carbocycles. The summed E-state index contributed by atoms with van der Waals surface area (Å²) < 4.78 is 27.7. The molecule has 0 saturated carbocycles. The van der Waals surface area contributed by atoms with Crippen LogP contribution in [-0.4, -0.2) is 25.4 Å². The van der Waals surface area contributed by atoms with Crippen molar-refractivity contribution in [3.05, 3.63) is 11.6 Å². The molecule has 1 rings (SSSR count). The molecule has 6 heteroatoms. The fourth-order valence-electron chi connectivity index (χ4n) is 1.54. The van der Waals surface area contributed by atoms with E-state index < -0.39 is 7.60 Å². The Kier molecular flexibility index (Phi) is 5.38. The molecule has 0 fully saturated rings. The van der Waals surface area contributed by atoms with Gasteiger partial charge in [0.25, 0.3) is 0 Å². The van der Waals surface area contributed by atoms with Gasteiger partial charge in [0.1, 0.15) is 5.44 Å². The lowest BCUT2D eigenvalue weighted by atomic mass is 10.1. The van der Waals surface area contributed by atoms with Gasteiger partial charge >= 0.3 is 7.60 Å². The van der Waals surface area contributed by atoms with Gasteiger partial charge in [-0.25, -0.2) is 0 Å². The fourth-order valence-corrected chi connectivity index (χ4v) is 3.79. The van der Waals surface area contributed by atoms with Gasteiger partial charge in [0.05, 0.1) is 0 Å². The third kappa shape index (κ3) is 3.27. The largest absolute Gasteiger partial charge is 0.472 e. The van der Waals surface area contributed by atoms with Crippen LogP contribution in [0.1, 0.15) is 20.3 Å². The van der Waals surface area contributed by atoms with E-state index in [0.29, 0.717) is 11.4 Å². The van der Waals surface area contributed by atoms with Crippen molar-refractivity contribution >= 4 is 19.4 Å². The molecule has 0 spiro atoms. The highest BCUT2D eigenvalue weighted by Gasteiger charge is 2.35. The number of thioether (sulfide) groups is 1. The second-order valence-corrected chi connectivity index (χ2v) is 7.19. The van der Waals surface area contributed by atoms with E-state index in [1.807, 2.05) is 6.08 Å². The van der Waals surface area contributed by atoms with E-state index in [9.17, 15) is 4.57 Å². The molecule has 0 aromatic rings. The SMILES string of the molecule is CCS[C@H]1C[C@H](C)C=C(P(=O)(OC)OC)O1. The van der Waals surface area contributed by atoms with E-state index in [2.05, 4.69) is 13.8 Å². The van der Waals surface area contributed by atoms with Gasteiger partial charge < -0.3 is 13.8 Å². The summed E-state index contributed by atoms with van der Waals surface area (Å²) in [6.07, 6.45) is 2.76. The highest BCUT2D eigenvalue weighted by Crippen LogP contribution is 2.57. The summed E-state index contributed by atoms with van der Waals surface area (Å²) in [5.41, 5.74) is 0.390. The van der Waals surface area contributed by atoms with Crippen LogP contribution in [0.15, 0.2) is 11.6 Å². The molecule has 1 heterocycles. The third-order valence-corrected chi connectivity index (χ3v) is 5.10. The van der Waals surface area contributed by atoms with Crippen molar-refractivity contribution in [1.29, 1.82) is 0 Å². The van der Waals surface area contributed by atoms with Gasteiger partial charge in [-0.3, -0.25) is 4.57 Å². The third-order valence-electron chi connectivity index (χ3n) is 2.35. The standard InChI is InChI=1S/C10H19O4PS/c1-5-16-10-7-8(2)6-9(14-10)15(11,12-3)13-4/h6,8,10H,5,7H2,1-4H3/t8-,10+/m1/s1. The van der Waals surface area contributed by atoms with Crippen LogP contribution in [0.4, 0.5) is 0 Å². The quantitative estimate of drug-likeness (QED) is 0.713. The summed E-state index contributed by atoms with van der Waals surface area (Å²) in [4.78, 5) is 0. The van der Waals surface area contributed by atoms with Crippen LogP contribution < -0.4 is 0 Å². The van der Waals surface area contributed by atoms with Crippen LogP contribution in [-0.2, 0) is 18.3 Å². The first-order chi connectivity index (χ1) is 7.55. The average molecular weight is 266 g/mol. The Balaban J connectivity index is 2.83. The number of ether oxygens (including phenoxy) is 1. The Morgan fingerprint density at radius 1 is 1.56 bits per heavy atom. The monoisotopic (exact) mass is 266 g/mol. The van der Waals surface area contributed by atoms with Crippen LogP contribution in [0.3, 0.4) is 0 Å². The van der Waals surface area contributed by atoms with E-state index in [0.717, 1.165) is 12.2 Å². The molecule has 0 amide bonds. The zero-order valence-electron chi connectivity index (χ0n) is 10.1. The maximum Gasteiger partial charge on any atom is 0.394 e. The lowest BCUT2D eigenvalue weighted by molar-refractivity contribution is 0.149. The van der Waals surface area contributed by atoms with Crippen LogP contribution >= 0.6 is 19.4 Å². The maximum absolute atomic E-state index is 12.2. The number of allylic oxidation sites excluding steroid dienone is 1. The van der Waals surface area contributed by atoms with Crippen molar-refractivity contribution in [2.45, 2.75) is 25.7 Å². The fraction of sp³-hybridized carbons (Fsp3) is 0.800. The van der Waals surface area contributed by atoms with Crippen LogP contribution in [0.25, 0.3) is 0 Å². The number of hydrogen-bond acceptors (Lipinski definition) is 5. The number of rotatable bonds is 5. The molecule has 0 N–H and O–H groups in total. The van der Waals surface area contributed by atoms with Gasteiger partial charge in [-0.05, 0) is 17.7 Å². The second kappa shape index (κ2) is 6.10. The second-order valence-electron chi connectivity index (χ2n) is 3.58. The van der Waals surface area contributed by atoms with E-state index in [-0.39, 0.29) is 5.44 Å². The first-order valence-electron chi connectivity index (χ1n) is 5.27. The smallest absolute Gasteiger partial charge is 0.394 e. The van der Waals surface area contributed by atoms with Gasteiger partial charge in [0.15, 0.2) is 0 Å². The normalized spacial score (nSPS) is 26.1.